The van der Waals surface area contributed by atoms with E-state index in [0.717, 1.165) is 12.8 Å². The van der Waals surface area contributed by atoms with Crippen LogP contribution in [0.25, 0.3) is 0 Å². The molecule has 0 radical (unpaired) electrons. The quantitative estimate of drug-likeness (QED) is 0.701. The second-order valence-electron chi connectivity index (χ2n) is 5.75. The monoisotopic (exact) mass is 286 g/mol. The number of amides is 2. The van der Waals surface area contributed by atoms with Crippen molar-refractivity contribution in [1.82, 2.24) is 10.6 Å². The smallest absolute Gasteiger partial charge is 0.329 e. The van der Waals surface area contributed by atoms with E-state index < -0.39 is 17.5 Å². The van der Waals surface area contributed by atoms with E-state index in [1.807, 2.05) is 6.92 Å². The Hall–Kier alpha value is -1.34. The number of carbonyl (C=O) groups is 2. The molecule has 7 nitrogen and oxygen atoms in total. The van der Waals surface area contributed by atoms with Gasteiger partial charge in [-0.1, -0.05) is 0 Å². The van der Waals surface area contributed by atoms with Gasteiger partial charge in [0.15, 0.2) is 0 Å². The van der Waals surface area contributed by atoms with Crippen molar-refractivity contribution in [1.29, 1.82) is 0 Å². The van der Waals surface area contributed by atoms with Crippen molar-refractivity contribution in [2.45, 2.75) is 43.7 Å². The van der Waals surface area contributed by atoms with Crippen LogP contribution in [0.2, 0.25) is 0 Å². The fourth-order valence-corrected chi connectivity index (χ4v) is 2.58. The number of ether oxygens (including phenoxy) is 2. The van der Waals surface area contributed by atoms with E-state index in [9.17, 15) is 14.7 Å². The molecule has 0 saturated carbocycles. The molecule has 2 aliphatic rings. The SMILES string of the molecule is CC1(NC(=O)NC2(C(=O)O)CCOCC2)CCOCC1. The number of carboxylic acids is 1. The van der Waals surface area contributed by atoms with Crippen LogP contribution in [-0.2, 0) is 14.3 Å². The maximum Gasteiger partial charge on any atom is 0.329 e. The lowest BCUT2D eigenvalue weighted by atomic mass is 9.90. The third kappa shape index (κ3) is 3.40. The van der Waals surface area contributed by atoms with E-state index in [1.165, 1.54) is 0 Å². The molecule has 0 aliphatic carbocycles. The Morgan fingerprint density at radius 3 is 1.95 bits per heavy atom. The minimum atomic E-state index is -1.22. The Morgan fingerprint density at radius 2 is 1.45 bits per heavy atom. The highest BCUT2D eigenvalue weighted by Gasteiger charge is 2.42. The molecule has 0 aromatic carbocycles. The molecule has 20 heavy (non-hydrogen) atoms. The van der Waals surface area contributed by atoms with E-state index in [-0.39, 0.29) is 18.4 Å². The first kappa shape index (κ1) is 15.1. The van der Waals surface area contributed by atoms with E-state index in [4.69, 9.17) is 9.47 Å². The molecule has 0 atom stereocenters. The van der Waals surface area contributed by atoms with Gasteiger partial charge in [0.05, 0.1) is 0 Å². The second-order valence-corrected chi connectivity index (χ2v) is 5.75. The summed E-state index contributed by atoms with van der Waals surface area (Å²) < 4.78 is 10.4. The summed E-state index contributed by atoms with van der Waals surface area (Å²) in [7, 11) is 0. The van der Waals surface area contributed by atoms with Crippen molar-refractivity contribution in [2.24, 2.45) is 0 Å². The molecular weight excluding hydrogens is 264 g/mol. The second kappa shape index (κ2) is 5.97. The summed E-state index contributed by atoms with van der Waals surface area (Å²) in [5.41, 5.74) is -1.56. The Bertz CT molecular complexity index is 373. The highest BCUT2D eigenvalue weighted by molar-refractivity contribution is 5.86. The van der Waals surface area contributed by atoms with Crippen molar-refractivity contribution < 1.29 is 24.2 Å². The van der Waals surface area contributed by atoms with Crippen LogP contribution < -0.4 is 10.6 Å². The number of hydrogen-bond acceptors (Lipinski definition) is 4. The van der Waals surface area contributed by atoms with Gasteiger partial charge in [0, 0.05) is 44.8 Å². The van der Waals surface area contributed by atoms with Crippen molar-refractivity contribution in [3.05, 3.63) is 0 Å². The molecule has 0 bridgehead atoms. The first-order valence-corrected chi connectivity index (χ1v) is 6.95. The molecule has 0 spiro atoms. The van der Waals surface area contributed by atoms with Gasteiger partial charge in [-0.3, -0.25) is 0 Å². The van der Waals surface area contributed by atoms with E-state index in [2.05, 4.69) is 10.6 Å². The molecule has 0 aromatic rings. The van der Waals surface area contributed by atoms with Crippen LogP contribution in [0.1, 0.15) is 32.6 Å². The average molecular weight is 286 g/mol. The molecule has 2 rings (SSSR count). The molecule has 0 unspecified atom stereocenters. The molecule has 114 valence electrons. The fraction of sp³-hybridized carbons (Fsp3) is 0.846. The summed E-state index contributed by atoms with van der Waals surface area (Å²) in [5, 5.41) is 14.9. The van der Waals surface area contributed by atoms with Crippen LogP contribution in [0.3, 0.4) is 0 Å². The summed E-state index contributed by atoms with van der Waals surface area (Å²) in [6.07, 6.45) is 2.03. The topological polar surface area (TPSA) is 96.9 Å². The Morgan fingerprint density at radius 1 is 0.950 bits per heavy atom. The summed E-state index contributed by atoms with van der Waals surface area (Å²) in [6.45, 7) is 3.85. The molecule has 2 fully saturated rings. The molecular formula is C13H22N2O5. The van der Waals surface area contributed by atoms with Gasteiger partial charge in [-0.25, -0.2) is 9.59 Å². The van der Waals surface area contributed by atoms with Crippen LogP contribution >= 0.6 is 0 Å². The van der Waals surface area contributed by atoms with E-state index >= 15 is 0 Å². The third-order valence-electron chi connectivity index (χ3n) is 4.12. The van der Waals surface area contributed by atoms with Gasteiger partial charge >= 0.3 is 12.0 Å². The first-order chi connectivity index (χ1) is 9.46. The zero-order valence-corrected chi connectivity index (χ0v) is 11.7. The maximum atomic E-state index is 12.1. The number of aliphatic carboxylic acids is 1. The highest BCUT2D eigenvalue weighted by atomic mass is 16.5. The lowest BCUT2D eigenvalue weighted by Gasteiger charge is -2.38. The molecule has 2 saturated heterocycles. The number of rotatable bonds is 3. The first-order valence-electron chi connectivity index (χ1n) is 6.95. The lowest BCUT2D eigenvalue weighted by molar-refractivity contribution is -0.148. The maximum absolute atomic E-state index is 12.1. The van der Waals surface area contributed by atoms with Gasteiger partial charge in [0.25, 0.3) is 0 Å². The highest BCUT2D eigenvalue weighted by Crippen LogP contribution is 2.23. The minimum absolute atomic E-state index is 0.287. The molecule has 2 heterocycles. The van der Waals surface area contributed by atoms with Crippen molar-refractivity contribution >= 4 is 12.0 Å². The van der Waals surface area contributed by atoms with Gasteiger partial charge in [-0.2, -0.15) is 0 Å². The number of carboxylic acid groups (broad SMARTS) is 1. The zero-order valence-electron chi connectivity index (χ0n) is 11.7. The van der Waals surface area contributed by atoms with Gasteiger partial charge < -0.3 is 25.2 Å². The minimum Gasteiger partial charge on any atom is -0.480 e. The van der Waals surface area contributed by atoms with Crippen LogP contribution in [0, 0.1) is 0 Å². The third-order valence-corrected chi connectivity index (χ3v) is 4.12. The van der Waals surface area contributed by atoms with Crippen LogP contribution in [-0.4, -0.2) is 54.6 Å². The average Bonchev–Trinajstić information content (AvgIpc) is 2.39. The Kier molecular flexibility index (Phi) is 4.49. The van der Waals surface area contributed by atoms with Crippen molar-refractivity contribution in [3.63, 3.8) is 0 Å². The van der Waals surface area contributed by atoms with Crippen LogP contribution in [0.5, 0.6) is 0 Å². The lowest BCUT2D eigenvalue weighted by Crippen LogP contribution is -2.62. The van der Waals surface area contributed by atoms with Crippen molar-refractivity contribution in [2.75, 3.05) is 26.4 Å². The number of hydrogen-bond donors (Lipinski definition) is 3. The summed E-state index contributed by atoms with van der Waals surface area (Å²) in [6, 6.07) is -0.432. The summed E-state index contributed by atoms with van der Waals surface area (Å²) >= 11 is 0. The van der Waals surface area contributed by atoms with Crippen LogP contribution in [0.15, 0.2) is 0 Å². The number of carbonyl (C=O) groups excluding carboxylic acids is 1. The normalized spacial score (nSPS) is 24.6. The van der Waals surface area contributed by atoms with Crippen molar-refractivity contribution in [3.8, 4) is 0 Å². The summed E-state index contributed by atoms with van der Waals surface area (Å²) in [5.74, 6) is -1.01. The zero-order chi connectivity index (χ0) is 14.6. The van der Waals surface area contributed by atoms with E-state index in [0.29, 0.717) is 26.4 Å². The number of urea groups is 1. The van der Waals surface area contributed by atoms with Gasteiger partial charge in [0.2, 0.25) is 0 Å². The van der Waals surface area contributed by atoms with Gasteiger partial charge in [-0.15, -0.1) is 0 Å². The van der Waals surface area contributed by atoms with Gasteiger partial charge in [0.1, 0.15) is 5.54 Å². The molecule has 2 amide bonds. The molecule has 7 heteroatoms. The van der Waals surface area contributed by atoms with E-state index in [1.54, 1.807) is 0 Å². The Labute approximate surface area is 118 Å². The summed E-state index contributed by atoms with van der Waals surface area (Å²) in [4.78, 5) is 23.6. The predicted molar refractivity (Wildman–Crippen MR) is 70.5 cm³/mol. The number of nitrogens with one attached hydrogen (secondary N) is 2. The van der Waals surface area contributed by atoms with Gasteiger partial charge in [-0.05, 0) is 19.8 Å². The fourth-order valence-electron chi connectivity index (χ4n) is 2.58. The Balaban J connectivity index is 1.96. The molecule has 3 N–H and O–H groups in total. The molecule has 2 aliphatic heterocycles. The van der Waals surface area contributed by atoms with Crippen LogP contribution in [0.4, 0.5) is 4.79 Å². The largest absolute Gasteiger partial charge is 0.480 e. The molecule has 0 aromatic heterocycles. The standard InChI is InChI=1S/C13H22N2O5/c1-12(2-6-19-7-3-12)14-11(18)15-13(10(16)17)4-8-20-9-5-13/h2-9H2,1H3,(H,16,17)(H2,14,15,18). The predicted octanol–water partition coefficient (Wildman–Crippen LogP) is 0.489.